The first kappa shape index (κ1) is 14.2. The lowest BCUT2D eigenvalue weighted by Gasteiger charge is -2.27. The van der Waals surface area contributed by atoms with Crippen LogP contribution in [0.4, 0.5) is 0 Å². The number of hydrogen-bond donors (Lipinski definition) is 2. The number of carboxylic acids is 1. The van der Waals surface area contributed by atoms with Crippen molar-refractivity contribution in [3.63, 3.8) is 0 Å². The van der Waals surface area contributed by atoms with Crippen LogP contribution in [0.15, 0.2) is 22.7 Å². The van der Waals surface area contributed by atoms with Crippen molar-refractivity contribution in [3.8, 4) is 0 Å². The van der Waals surface area contributed by atoms with Crippen molar-refractivity contribution in [1.29, 1.82) is 0 Å². The highest BCUT2D eigenvalue weighted by molar-refractivity contribution is 9.10. The molecule has 17 heavy (non-hydrogen) atoms. The van der Waals surface area contributed by atoms with Crippen molar-refractivity contribution in [2.75, 3.05) is 13.6 Å². The Balaban J connectivity index is 3.21. The van der Waals surface area contributed by atoms with Crippen LogP contribution < -0.4 is 5.32 Å². The van der Waals surface area contributed by atoms with Gasteiger partial charge in [0.25, 0.3) is 0 Å². The number of hydrogen-bond acceptors (Lipinski definition) is 2. The van der Waals surface area contributed by atoms with Crippen LogP contribution in [0.5, 0.6) is 0 Å². The highest BCUT2D eigenvalue weighted by Gasteiger charge is 2.35. The average molecular weight is 300 g/mol. The summed E-state index contributed by atoms with van der Waals surface area (Å²) in [6, 6.07) is 5.78. The number of nitrogens with one attached hydrogen (secondary N) is 1. The molecule has 1 rings (SSSR count). The lowest BCUT2D eigenvalue weighted by atomic mass is 9.77. The van der Waals surface area contributed by atoms with Gasteiger partial charge in [-0.25, -0.2) is 0 Å². The molecule has 94 valence electrons. The molecule has 0 aliphatic heterocycles. The van der Waals surface area contributed by atoms with Crippen LogP contribution in [0.2, 0.25) is 0 Å². The maximum atomic E-state index is 11.5. The van der Waals surface area contributed by atoms with E-state index in [4.69, 9.17) is 0 Å². The maximum absolute atomic E-state index is 11.5. The van der Waals surface area contributed by atoms with Gasteiger partial charge in [0.1, 0.15) is 0 Å². The summed E-state index contributed by atoms with van der Waals surface area (Å²) in [7, 11) is 1.83. The number of carboxylic acid groups (broad SMARTS) is 1. The van der Waals surface area contributed by atoms with Gasteiger partial charge >= 0.3 is 5.97 Å². The Hall–Kier alpha value is -0.870. The number of aryl methyl sites for hydroxylation is 1. The van der Waals surface area contributed by atoms with E-state index < -0.39 is 11.4 Å². The van der Waals surface area contributed by atoms with E-state index in [-0.39, 0.29) is 0 Å². The van der Waals surface area contributed by atoms with Crippen LogP contribution in [0.1, 0.15) is 24.5 Å². The summed E-state index contributed by atoms with van der Waals surface area (Å²) in [6.45, 7) is 4.40. The van der Waals surface area contributed by atoms with Gasteiger partial charge in [-0.2, -0.15) is 0 Å². The lowest BCUT2D eigenvalue weighted by molar-refractivity contribution is -0.143. The molecule has 0 aromatic heterocycles. The van der Waals surface area contributed by atoms with Gasteiger partial charge in [0.05, 0.1) is 5.41 Å². The molecule has 0 bridgehead atoms. The minimum atomic E-state index is -0.850. The van der Waals surface area contributed by atoms with Crippen molar-refractivity contribution in [2.45, 2.75) is 25.7 Å². The monoisotopic (exact) mass is 299 g/mol. The average Bonchev–Trinajstić information content (AvgIpc) is 2.29. The number of benzene rings is 1. The number of rotatable bonds is 5. The molecule has 0 radical (unpaired) electrons. The van der Waals surface area contributed by atoms with Crippen LogP contribution in [-0.4, -0.2) is 24.7 Å². The first-order valence-corrected chi connectivity index (χ1v) is 6.35. The van der Waals surface area contributed by atoms with E-state index in [9.17, 15) is 9.90 Å². The minimum Gasteiger partial charge on any atom is -0.481 e. The summed E-state index contributed by atoms with van der Waals surface area (Å²) in [4.78, 5) is 11.5. The summed E-state index contributed by atoms with van der Waals surface area (Å²) in [5.41, 5.74) is 1.03. The van der Waals surface area contributed by atoms with E-state index in [0.717, 1.165) is 15.6 Å². The summed E-state index contributed by atoms with van der Waals surface area (Å²) in [5.74, 6) is -0.783. The van der Waals surface area contributed by atoms with Crippen LogP contribution >= 0.6 is 15.9 Å². The maximum Gasteiger partial charge on any atom is 0.313 e. The highest BCUT2D eigenvalue weighted by Crippen LogP contribution is 2.32. The zero-order valence-electron chi connectivity index (χ0n) is 10.4. The van der Waals surface area contributed by atoms with Crippen molar-refractivity contribution in [1.82, 2.24) is 5.32 Å². The molecule has 0 saturated heterocycles. The van der Waals surface area contributed by atoms with Gasteiger partial charge in [-0.3, -0.25) is 4.79 Å². The van der Waals surface area contributed by atoms with Gasteiger partial charge in [-0.05, 0) is 57.1 Å². The van der Waals surface area contributed by atoms with Crippen molar-refractivity contribution in [2.24, 2.45) is 0 Å². The summed E-state index contributed by atoms with van der Waals surface area (Å²) >= 11 is 3.40. The molecular formula is C13H18BrNO2. The summed E-state index contributed by atoms with van der Waals surface area (Å²) < 4.78 is 0.912. The Morgan fingerprint density at radius 2 is 2.18 bits per heavy atom. The normalized spacial score (nSPS) is 14.4. The third-order valence-corrected chi connectivity index (χ3v) is 3.63. The minimum absolute atomic E-state index is 0.566. The smallest absolute Gasteiger partial charge is 0.313 e. The number of carbonyl (C=O) groups is 1. The van der Waals surface area contributed by atoms with Gasteiger partial charge in [0, 0.05) is 4.47 Å². The van der Waals surface area contributed by atoms with Gasteiger partial charge in [0.15, 0.2) is 0 Å². The Kier molecular flexibility index (Phi) is 4.71. The Morgan fingerprint density at radius 3 is 2.71 bits per heavy atom. The first-order valence-electron chi connectivity index (χ1n) is 5.56. The fourth-order valence-electron chi connectivity index (χ4n) is 1.92. The Bertz CT molecular complexity index is 420. The topological polar surface area (TPSA) is 49.3 Å². The second kappa shape index (κ2) is 5.65. The molecule has 0 saturated carbocycles. The standard InChI is InChI=1S/C13H18BrNO2/c1-9-4-5-10(14)8-11(9)13(2,12(16)17)6-7-15-3/h4-5,8,15H,6-7H2,1-3H3,(H,16,17). The quantitative estimate of drug-likeness (QED) is 0.879. The van der Waals surface area contributed by atoms with Crippen LogP contribution in [0.25, 0.3) is 0 Å². The predicted molar refractivity (Wildman–Crippen MR) is 72.4 cm³/mol. The molecule has 0 aliphatic rings. The summed E-state index contributed by atoms with van der Waals surface area (Å²) in [6.07, 6.45) is 0.566. The number of halogens is 1. The van der Waals surface area contributed by atoms with Crippen molar-refractivity contribution >= 4 is 21.9 Å². The van der Waals surface area contributed by atoms with E-state index in [1.807, 2.05) is 32.2 Å². The first-order chi connectivity index (χ1) is 7.91. The van der Waals surface area contributed by atoms with Crippen molar-refractivity contribution < 1.29 is 9.90 Å². The van der Waals surface area contributed by atoms with Crippen LogP contribution in [0.3, 0.4) is 0 Å². The van der Waals surface area contributed by atoms with Gasteiger partial charge in [0.2, 0.25) is 0 Å². The SMILES string of the molecule is CNCCC(C)(C(=O)O)c1cc(Br)ccc1C. The third kappa shape index (κ3) is 3.07. The van der Waals surface area contributed by atoms with Crippen molar-refractivity contribution in [3.05, 3.63) is 33.8 Å². The molecule has 0 spiro atoms. The van der Waals surface area contributed by atoms with E-state index in [2.05, 4.69) is 21.2 Å². The van der Waals surface area contributed by atoms with E-state index in [1.54, 1.807) is 6.92 Å². The van der Waals surface area contributed by atoms with Gasteiger partial charge < -0.3 is 10.4 Å². The zero-order valence-corrected chi connectivity index (χ0v) is 12.0. The molecule has 0 heterocycles. The molecule has 4 heteroatoms. The van der Waals surface area contributed by atoms with Gasteiger partial charge in [-0.15, -0.1) is 0 Å². The molecule has 3 nitrogen and oxygen atoms in total. The molecule has 2 N–H and O–H groups in total. The lowest BCUT2D eigenvalue weighted by Crippen LogP contribution is -2.36. The molecule has 1 aromatic carbocycles. The largest absolute Gasteiger partial charge is 0.481 e. The fraction of sp³-hybridized carbons (Fsp3) is 0.462. The van der Waals surface area contributed by atoms with Crippen LogP contribution in [-0.2, 0) is 10.2 Å². The second-order valence-electron chi connectivity index (χ2n) is 4.45. The molecule has 0 fully saturated rings. The fourth-order valence-corrected chi connectivity index (χ4v) is 2.28. The molecule has 1 unspecified atom stereocenters. The van der Waals surface area contributed by atoms with E-state index in [0.29, 0.717) is 13.0 Å². The molecule has 0 aliphatic carbocycles. The second-order valence-corrected chi connectivity index (χ2v) is 5.37. The Morgan fingerprint density at radius 1 is 1.53 bits per heavy atom. The highest BCUT2D eigenvalue weighted by atomic mass is 79.9. The summed E-state index contributed by atoms with van der Waals surface area (Å²) in [5, 5.41) is 12.5. The Labute approximate surface area is 110 Å². The third-order valence-electron chi connectivity index (χ3n) is 3.14. The van der Waals surface area contributed by atoms with E-state index in [1.165, 1.54) is 0 Å². The molecule has 1 aromatic rings. The predicted octanol–water partition coefficient (Wildman–Crippen LogP) is 2.71. The molecule has 1 atom stereocenters. The zero-order chi connectivity index (χ0) is 13.1. The number of aliphatic carboxylic acids is 1. The molecule has 0 amide bonds. The molecular weight excluding hydrogens is 282 g/mol. The van der Waals surface area contributed by atoms with Crippen LogP contribution in [0, 0.1) is 6.92 Å². The van der Waals surface area contributed by atoms with E-state index >= 15 is 0 Å². The van der Waals surface area contributed by atoms with Gasteiger partial charge in [-0.1, -0.05) is 22.0 Å².